The summed E-state index contributed by atoms with van der Waals surface area (Å²) < 4.78 is 40.3. The second-order valence-electron chi connectivity index (χ2n) is 7.00. The van der Waals surface area contributed by atoms with E-state index in [-0.39, 0.29) is 12.2 Å². The van der Waals surface area contributed by atoms with Crippen LogP contribution in [0.3, 0.4) is 0 Å². The van der Waals surface area contributed by atoms with Crippen molar-refractivity contribution in [3.05, 3.63) is 71.4 Å². The van der Waals surface area contributed by atoms with Crippen molar-refractivity contribution >= 4 is 0 Å². The van der Waals surface area contributed by atoms with E-state index in [4.69, 9.17) is 9.15 Å². The number of rotatable bonds is 5. The maximum atomic E-state index is 14.5. The Labute approximate surface area is 157 Å². The number of nitrogens with zero attached hydrogens (tertiary/aromatic N) is 1. The summed E-state index contributed by atoms with van der Waals surface area (Å²) >= 11 is 0. The van der Waals surface area contributed by atoms with Crippen molar-refractivity contribution in [2.24, 2.45) is 0 Å². The Morgan fingerprint density at radius 3 is 2.70 bits per heavy atom. The number of hydrogen-bond acceptors (Lipinski definition) is 3. The van der Waals surface area contributed by atoms with E-state index in [0.717, 1.165) is 18.7 Å². The molecule has 0 bridgehead atoms. The maximum Gasteiger partial charge on any atom is 0.197 e. The van der Waals surface area contributed by atoms with Crippen LogP contribution in [-0.4, -0.2) is 4.98 Å². The highest BCUT2D eigenvalue weighted by molar-refractivity contribution is 5.72. The molecule has 4 rings (SSSR count). The molecular weight excluding hydrogens is 348 g/mol. The Kier molecular flexibility index (Phi) is 4.92. The topological polar surface area (TPSA) is 35.3 Å². The van der Waals surface area contributed by atoms with Gasteiger partial charge in [0.05, 0.1) is 5.56 Å². The predicted octanol–water partition coefficient (Wildman–Crippen LogP) is 6.16. The van der Waals surface area contributed by atoms with Gasteiger partial charge in [0.25, 0.3) is 0 Å². The molecular formula is C22H21F2NO2. The average molecular weight is 369 g/mol. The lowest BCUT2D eigenvalue weighted by molar-refractivity contribution is 0.302. The van der Waals surface area contributed by atoms with Gasteiger partial charge in [-0.05, 0) is 37.5 Å². The van der Waals surface area contributed by atoms with Gasteiger partial charge < -0.3 is 9.15 Å². The van der Waals surface area contributed by atoms with Gasteiger partial charge in [-0.25, -0.2) is 13.8 Å². The molecule has 0 spiro atoms. The predicted molar refractivity (Wildman–Crippen MR) is 98.6 cm³/mol. The molecule has 2 aromatic carbocycles. The van der Waals surface area contributed by atoms with Gasteiger partial charge >= 0.3 is 0 Å². The smallest absolute Gasteiger partial charge is 0.197 e. The largest absolute Gasteiger partial charge is 0.487 e. The average Bonchev–Trinajstić information content (AvgIpc) is 3.36. The molecule has 3 aromatic rings. The molecule has 27 heavy (non-hydrogen) atoms. The van der Waals surface area contributed by atoms with E-state index in [9.17, 15) is 8.78 Å². The van der Waals surface area contributed by atoms with Crippen molar-refractivity contribution in [3.63, 3.8) is 0 Å². The lowest BCUT2D eigenvalue weighted by Crippen LogP contribution is -2.01. The summed E-state index contributed by atoms with van der Waals surface area (Å²) in [5, 5.41) is 0. The van der Waals surface area contributed by atoms with Gasteiger partial charge in [-0.2, -0.15) is 0 Å². The fourth-order valence-corrected chi connectivity index (χ4v) is 3.60. The van der Waals surface area contributed by atoms with Crippen molar-refractivity contribution in [1.82, 2.24) is 4.98 Å². The molecule has 5 heteroatoms. The van der Waals surface area contributed by atoms with Crippen LogP contribution in [-0.2, 0) is 6.61 Å². The van der Waals surface area contributed by atoms with Crippen molar-refractivity contribution < 1.29 is 17.9 Å². The molecule has 0 radical (unpaired) electrons. The van der Waals surface area contributed by atoms with Crippen molar-refractivity contribution in [2.75, 3.05) is 0 Å². The van der Waals surface area contributed by atoms with Crippen LogP contribution in [0.25, 0.3) is 11.1 Å². The summed E-state index contributed by atoms with van der Waals surface area (Å²) in [5.41, 5.74) is 1.38. The molecule has 3 nitrogen and oxygen atoms in total. The number of hydrogen-bond donors (Lipinski definition) is 0. The summed E-state index contributed by atoms with van der Waals surface area (Å²) in [6.07, 6.45) is 6.23. The summed E-state index contributed by atoms with van der Waals surface area (Å²) in [4.78, 5) is 4.52. The molecule has 1 heterocycles. The molecule has 1 aliphatic rings. The van der Waals surface area contributed by atoms with Crippen LogP contribution in [0.2, 0.25) is 0 Å². The second kappa shape index (κ2) is 7.51. The maximum absolute atomic E-state index is 14.5. The van der Waals surface area contributed by atoms with E-state index < -0.39 is 11.6 Å². The van der Waals surface area contributed by atoms with E-state index >= 15 is 0 Å². The number of benzene rings is 2. The number of halogens is 2. The molecule has 0 saturated heterocycles. The fourth-order valence-electron chi connectivity index (χ4n) is 3.60. The number of para-hydroxylation sites is 1. The Balaban J connectivity index is 1.57. The summed E-state index contributed by atoms with van der Waals surface area (Å²) in [7, 11) is 0. The van der Waals surface area contributed by atoms with E-state index in [1.165, 1.54) is 25.0 Å². The van der Waals surface area contributed by atoms with Crippen LogP contribution in [0, 0.1) is 18.6 Å². The number of aromatic nitrogens is 1. The lowest BCUT2D eigenvalue weighted by Gasteiger charge is -2.13. The zero-order chi connectivity index (χ0) is 18.8. The minimum absolute atomic E-state index is 0.0719. The Morgan fingerprint density at radius 1 is 1.11 bits per heavy atom. The van der Waals surface area contributed by atoms with E-state index in [1.54, 1.807) is 37.5 Å². The molecule has 0 amide bonds. The lowest BCUT2D eigenvalue weighted by atomic mass is 10.0. The molecule has 1 saturated carbocycles. The van der Waals surface area contributed by atoms with Crippen LogP contribution in [0.4, 0.5) is 8.78 Å². The van der Waals surface area contributed by atoms with Gasteiger partial charge in [0.2, 0.25) is 0 Å². The highest BCUT2D eigenvalue weighted by Crippen LogP contribution is 2.36. The van der Waals surface area contributed by atoms with Gasteiger partial charge in [0.1, 0.15) is 35.9 Å². The number of ether oxygens (including phenoxy) is 1. The number of oxazole rings is 1. The minimum Gasteiger partial charge on any atom is -0.487 e. The second-order valence-corrected chi connectivity index (χ2v) is 7.00. The molecule has 0 N–H and O–H groups in total. The van der Waals surface area contributed by atoms with E-state index in [2.05, 4.69) is 4.98 Å². The Morgan fingerprint density at radius 2 is 1.89 bits per heavy atom. The van der Waals surface area contributed by atoms with Crippen LogP contribution >= 0.6 is 0 Å². The van der Waals surface area contributed by atoms with Crippen molar-refractivity contribution in [2.45, 2.75) is 45.1 Å². The zero-order valence-electron chi connectivity index (χ0n) is 15.2. The van der Waals surface area contributed by atoms with Gasteiger partial charge in [-0.3, -0.25) is 0 Å². The van der Waals surface area contributed by atoms with Crippen molar-refractivity contribution in [1.29, 1.82) is 0 Å². The minimum atomic E-state index is -0.612. The first-order chi connectivity index (χ1) is 13.1. The summed E-state index contributed by atoms with van der Waals surface area (Å²) in [5.74, 6) is 0.373. The van der Waals surface area contributed by atoms with Crippen LogP contribution in [0.5, 0.6) is 5.75 Å². The molecule has 0 aliphatic heterocycles. The zero-order valence-corrected chi connectivity index (χ0v) is 15.2. The van der Waals surface area contributed by atoms with Gasteiger partial charge in [0, 0.05) is 11.5 Å². The van der Waals surface area contributed by atoms with Gasteiger partial charge in [-0.15, -0.1) is 0 Å². The Hall–Kier alpha value is -2.69. The van der Waals surface area contributed by atoms with Gasteiger partial charge in [-0.1, -0.05) is 37.1 Å². The highest BCUT2D eigenvalue weighted by Gasteiger charge is 2.22. The third kappa shape index (κ3) is 3.59. The molecule has 1 aromatic heterocycles. The van der Waals surface area contributed by atoms with E-state index in [1.807, 2.05) is 0 Å². The first-order valence-electron chi connectivity index (χ1n) is 9.24. The normalized spacial score (nSPS) is 14.6. The standard InChI is InChI=1S/C22H21F2NO2/c1-14-10-11-18(23)20(21(14)24)17-8-4-5-9-19(17)26-12-16-13-27-22(25-16)15-6-2-3-7-15/h4-5,8-11,13,15H,2-3,6-7,12H2,1H3. The van der Waals surface area contributed by atoms with Crippen LogP contribution in [0.15, 0.2) is 47.1 Å². The monoisotopic (exact) mass is 369 g/mol. The molecule has 0 unspecified atom stereocenters. The fraction of sp³-hybridized carbons (Fsp3) is 0.318. The van der Waals surface area contributed by atoms with E-state index in [0.29, 0.717) is 28.5 Å². The van der Waals surface area contributed by atoms with Crippen molar-refractivity contribution in [3.8, 4) is 16.9 Å². The molecule has 0 atom stereocenters. The van der Waals surface area contributed by atoms with Crippen LogP contribution in [0.1, 0.15) is 48.7 Å². The quantitative estimate of drug-likeness (QED) is 0.540. The molecule has 1 fully saturated rings. The Bertz CT molecular complexity index is 945. The highest BCUT2D eigenvalue weighted by atomic mass is 19.1. The summed E-state index contributed by atoms with van der Waals surface area (Å²) in [6.45, 7) is 1.80. The van der Waals surface area contributed by atoms with Gasteiger partial charge in [0.15, 0.2) is 5.89 Å². The SMILES string of the molecule is Cc1ccc(F)c(-c2ccccc2OCc2coc(C3CCCC3)n2)c1F. The first kappa shape index (κ1) is 17.7. The van der Waals surface area contributed by atoms with Crippen LogP contribution < -0.4 is 4.74 Å². The first-order valence-corrected chi connectivity index (χ1v) is 9.24. The third-order valence-electron chi connectivity index (χ3n) is 5.09. The molecule has 1 aliphatic carbocycles. The summed E-state index contributed by atoms with van der Waals surface area (Å²) in [6, 6.07) is 9.57. The third-order valence-corrected chi connectivity index (χ3v) is 5.09. The molecule has 140 valence electrons. The number of aryl methyl sites for hydroxylation is 1.